The summed E-state index contributed by atoms with van der Waals surface area (Å²) in [5.41, 5.74) is -0.235. The highest BCUT2D eigenvalue weighted by Gasteiger charge is 2.35. The van der Waals surface area contributed by atoms with Crippen molar-refractivity contribution in [2.75, 3.05) is 11.6 Å². The molecular weight excluding hydrogens is 287 g/mol. The van der Waals surface area contributed by atoms with Gasteiger partial charge in [0.1, 0.15) is 11.5 Å². The van der Waals surface area contributed by atoms with Crippen LogP contribution in [-0.2, 0) is 9.84 Å². The maximum atomic E-state index is 13.2. The van der Waals surface area contributed by atoms with Crippen molar-refractivity contribution < 1.29 is 17.7 Å². The van der Waals surface area contributed by atoms with Crippen LogP contribution in [0, 0.1) is 15.9 Å². The van der Waals surface area contributed by atoms with E-state index in [1.165, 1.54) is 0 Å². The summed E-state index contributed by atoms with van der Waals surface area (Å²) in [6, 6.07) is 2.68. The van der Waals surface area contributed by atoms with Gasteiger partial charge in [0, 0.05) is 24.4 Å². The van der Waals surface area contributed by atoms with Crippen molar-refractivity contribution in [1.29, 1.82) is 0 Å². The van der Waals surface area contributed by atoms with Gasteiger partial charge in [-0.3, -0.25) is 10.1 Å². The molecule has 1 N–H and O–H groups in total. The molecule has 6 nitrogen and oxygen atoms in total. The first-order chi connectivity index (χ1) is 9.29. The van der Waals surface area contributed by atoms with Crippen LogP contribution in [-0.4, -0.2) is 30.9 Å². The topological polar surface area (TPSA) is 89.3 Å². The number of benzene rings is 1. The molecule has 8 heteroatoms. The number of nitro groups is 1. The Bertz CT molecular complexity index is 632. The Kier molecular flexibility index (Phi) is 3.94. The number of halogens is 1. The smallest absolute Gasteiger partial charge is 0.292 e. The lowest BCUT2D eigenvalue weighted by atomic mass is 10.2. The third-order valence-corrected chi connectivity index (χ3v) is 5.16. The maximum absolute atomic E-state index is 13.2. The third kappa shape index (κ3) is 3.06. The van der Waals surface area contributed by atoms with Crippen molar-refractivity contribution in [1.82, 2.24) is 0 Å². The van der Waals surface area contributed by atoms with Crippen molar-refractivity contribution in [3.63, 3.8) is 0 Å². The first-order valence-electron chi connectivity index (χ1n) is 6.18. The van der Waals surface area contributed by atoms with Crippen LogP contribution in [0.4, 0.5) is 15.8 Å². The van der Waals surface area contributed by atoms with Crippen molar-refractivity contribution >= 4 is 21.2 Å². The van der Waals surface area contributed by atoms with E-state index < -0.39 is 31.9 Å². The van der Waals surface area contributed by atoms with Gasteiger partial charge in [-0.25, -0.2) is 12.8 Å². The molecule has 1 aliphatic carbocycles. The van der Waals surface area contributed by atoms with E-state index in [-0.39, 0.29) is 11.4 Å². The molecule has 20 heavy (non-hydrogen) atoms. The van der Waals surface area contributed by atoms with Crippen molar-refractivity contribution in [2.24, 2.45) is 0 Å². The van der Waals surface area contributed by atoms with Gasteiger partial charge in [0.2, 0.25) is 0 Å². The van der Waals surface area contributed by atoms with Crippen molar-refractivity contribution in [3.8, 4) is 0 Å². The molecule has 0 heterocycles. The average Bonchev–Trinajstić information content (AvgIpc) is 2.76. The van der Waals surface area contributed by atoms with Crippen LogP contribution in [0.2, 0.25) is 0 Å². The predicted molar refractivity (Wildman–Crippen MR) is 72.9 cm³/mol. The third-order valence-electron chi connectivity index (χ3n) is 3.50. The van der Waals surface area contributed by atoms with Crippen LogP contribution in [0.3, 0.4) is 0 Å². The van der Waals surface area contributed by atoms with Crippen molar-refractivity contribution in [2.45, 2.75) is 30.6 Å². The van der Waals surface area contributed by atoms with E-state index in [2.05, 4.69) is 5.32 Å². The van der Waals surface area contributed by atoms with Gasteiger partial charge in [-0.15, -0.1) is 0 Å². The second-order valence-corrected chi connectivity index (χ2v) is 7.23. The number of hydrogen-bond acceptors (Lipinski definition) is 5. The van der Waals surface area contributed by atoms with E-state index in [9.17, 15) is 22.9 Å². The van der Waals surface area contributed by atoms with Gasteiger partial charge >= 0.3 is 0 Å². The van der Waals surface area contributed by atoms with Gasteiger partial charge in [0.25, 0.3) is 5.69 Å². The summed E-state index contributed by atoms with van der Waals surface area (Å²) in [5.74, 6) is -0.605. The number of hydrogen-bond donors (Lipinski definition) is 1. The summed E-state index contributed by atoms with van der Waals surface area (Å²) in [7, 11) is -3.24. The van der Waals surface area contributed by atoms with Crippen LogP contribution in [0.25, 0.3) is 0 Å². The summed E-state index contributed by atoms with van der Waals surface area (Å²) in [5, 5.41) is 13.1. The van der Waals surface area contributed by atoms with E-state index in [0.29, 0.717) is 12.8 Å². The zero-order valence-corrected chi connectivity index (χ0v) is 11.7. The largest absolute Gasteiger partial charge is 0.375 e. The van der Waals surface area contributed by atoms with Crippen LogP contribution < -0.4 is 5.32 Å². The minimum atomic E-state index is -3.24. The molecule has 1 fully saturated rings. The molecular formula is C12H15FN2O4S. The van der Waals surface area contributed by atoms with E-state index in [0.717, 1.165) is 30.9 Å². The lowest BCUT2D eigenvalue weighted by Crippen LogP contribution is -2.34. The first kappa shape index (κ1) is 14.7. The van der Waals surface area contributed by atoms with Crippen LogP contribution in [0.15, 0.2) is 18.2 Å². The highest BCUT2D eigenvalue weighted by molar-refractivity contribution is 7.91. The predicted octanol–water partition coefficient (Wildman–Crippen LogP) is 2.11. The van der Waals surface area contributed by atoms with E-state index in [1.807, 2.05) is 0 Å². The maximum Gasteiger partial charge on any atom is 0.292 e. The van der Waals surface area contributed by atoms with E-state index >= 15 is 0 Å². The number of nitrogens with zero attached hydrogens (tertiary/aromatic N) is 1. The number of nitro benzene ring substituents is 1. The quantitative estimate of drug-likeness (QED) is 0.679. The molecule has 1 aromatic carbocycles. The molecule has 0 amide bonds. The minimum absolute atomic E-state index is 0.0237. The fraction of sp³-hybridized carbons (Fsp3) is 0.500. The van der Waals surface area contributed by atoms with Gasteiger partial charge in [0.15, 0.2) is 9.84 Å². The fourth-order valence-corrected chi connectivity index (χ4v) is 3.98. The molecule has 110 valence electrons. The highest BCUT2D eigenvalue weighted by Crippen LogP contribution is 2.32. The molecule has 0 spiro atoms. The second kappa shape index (κ2) is 5.35. The Morgan fingerprint density at radius 1 is 1.40 bits per heavy atom. The number of rotatable bonds is 4. The van der Waals surface area contributed by atoms with E-state index in [1.54, 1.807) is 0 Å². The number of sulfone groups is 1. The monoisotopic (exact) mass is 302 g/mol. The van der Waals surface area contributed by atoms with Gasteiger partial charge in [-0.1, -0.05) is 0 Å². The molecule has 2 atom stereocenters. The zero-order chi connectivity index (χ0) is 14.9. The molecule has 2 unspecified atom stereocenters. The Balaban J connectivity index is 2.30. The molecule has 0 aromatic heterocycles. The summed E-state index contributed by atoms with van der Waals surface area (Å²) >= 11 is 0. The Morgan fingerprint density at radius 2 is 2.10 bits per heavy atom. The average molecular weight is 302 g/mol. The van der Waals surface area contributed by atoms with Gasteiger partial charge in [-0.05, 0) is 25.3 Å². The summed E-state index contributed by atoms with van der Waals surface area (Å²) in [4.78, 5) is 10.3. The standard InChI is InChI=1S/C12H15FN2O4S/c1-20(18,19)12-4-2-3-9(12)14-10-7-8(13)5-6-11(10)15(16)17/h5-7,9,12,14H,2-4H2,1H3. The van der Waals surface area contributed by atoms with Crippen molar-refractivity contribution in [3.05, 3.63) is 34.1 Å². The van der Waals surface area contributed by atoms with Gasteiger partial charge in [-0.2, -0.15) is 0 Å². The van der Waals surface area contributed by atoms with Crippen LogP contribution in [0.1, 0.15) is 19.3 Å². The lowest BCUT2D eigenvalue weighted by molar-refractivity contribution is -0.384. The molecule has 1 aromatic rings. The second-order valence-electron chi connectivity index (χ2n) is 4.97. The normalized spacial score (nSPS) is 22.7. The van der Waals surface area contributed by atoms with E-state index in [4.69, 9.17) is 0 Å². The number of nitrogens with one attached hydrogen (secondary N) is 1. The first-order valence-corrected chi connectivity index (χ1v) is 8.14. The summed E-state index contributed by atoms with van der Waals surface area (Å²) in [6.45, 7) is 0. The fourth-order valence-electron chi connectivity index (χ4n) is 2.59. The summed E-state index contributed by atoms with van der Waals surface area (Å²) < 4.78 is 36.6. The highest BCUT2D eigenvalue weighted by atomic mass is 32.2. The number of anilines is 1. The Hall–Kier alpha value is -1.70. The van der Waals surface area contributed by atoms with Crippen LogP contribution >= 0.6 is 0 Å². The Morgan fingerprint density at radius 3 is 2.70 bits per heavy atom. The molecule has 0 bridgehead atoms. The molecule has 1 aliphatic rings. The van der Waals surface area contributed by atoms with Crippen LogP contribution in [0.5, 0.6) is 0 Å². The lowest BCUT2D eigenvalue weighted by Gasteiger charge is -2.20. The molecule has 0 radical (unpaired) electrons. The SMILES string of the molecule is CS(=O)(=O)C1CCCC1Nc1cc(F)ccc1[N+](=O)[O-]. The van der Waals surface area contributed by atoms with Gasteiger partial charge in [0.05, 0.1) is 10.2 Å². The molecule has 1 saturated carbocycles. The zero-order valence-electron chi connectivity index (χ0n) is 10.9. The molecule has 2 rings (SSSR count). The summed E-state index contributed by atoms with van der Waals surface area (Å²) in [6.07, 6.45) is 2.97. The minimum Gasteiger partial charge on any atom is -0.375 e. The molecule has 0 saturated heterocycles. The Labute approximate surface area is 116 Å². The van der Waals surface area contributed by atoms with Gasteiger partial charge < -0.3 is 5.32 Å². The molecule has 0 aliphatic heterocycles.